The lowest BCUT2D eigenvalue weighted by Crippen LogP contribution is -2.23. The molecule has 0 radical (unpaired) electrons. The maximum Gasteiger partial charge on any atom is 0.271 e. The van der Waals surface area contributed by atoms with Gasteiger partial charge in [0, 0.05) is 18.3 Å². The molecule has 0 unspecified atom stereocenters. The van der Waals surface area contributed by atoms with E-state index in [9.17, 15) is 4.79 Å². The van der Waals surface area contributed by atoms with Gasteiger partial charge in [0.25, 0.3) is 5.91 Å². The molecule has 0 atom stereocenters. The summed E-state index contributed by atoms with van der Waals surface area (Å²) in [7, 11) is 0. The van der Waals surface area contributed by atoms with Crippen molar-refractivity contribution in [2.45, 2.75) is 6.92 Å². The molecule has 1 heterocycles. The molecule has 7 heteroatoms. The van der Waals surface area contributed by atoms with Crippen LogP contribution in [0, 0.1) is 0 Å². The summed E-state index contributed by atoms with van der Waals surface area (Å²) < 4.78 is 6.20. The Hall–Kier alpha value is -2.15. The van der Waals surface area contributed by atoms with Crippen LogP contribution in [0.3, 0.4) is 0 Å². The smallest absolute Gasteiger partial charge is 0.271 e. The number of ether oxygens (including phenoxy) is 1. The number of hydrogen-bond acceptors (Lipinski definition) is 5. The highest BCUT2D eigenvalue weighted by molar-refractivity contribution is 9.10. The van der Waals surface area contributed by atoms with Crippen LogP contribution in [0.5, 0.6) is 11.6 Å². The third-order valence-electron chi connectivity index (χ3n) is 2.42. The monoisotopic (exact) mass is 336 g/mol. The Balaban J connectivity index is 2.15. The molecular formula is C13H13BrN4O2. The van der Waals surface area contributed by atoms with Gasteiger partial charge in [0.05, 0.1) is 4.47 Å². The van der Waals surface area contributed by atoms with E-state index in [1.165, 1.54) is 0 Å². The highest BCUT2D eigenvalue weighted by atomic mass is 79.9. The molecule has 20 heavy (non-hydrogen) atoms. The van der Waals surface area contributed by atoms with Crippen molar-refractivity contribution in [2.24, 2.45) is 0 Å². The first-order valence-electron chi connectivity index (χ1n) is 5.95. The normalized spacial score (nSPS) is 10.1. The van der Waals surface area contributed by atoms with Gasteiger partial charge in [-0.05, 0) is 41.1 Å². The fourth-order valence-electron chi connectivity index (χ4n) is 1.47. The molecule has 0 saturated heterocycles. The van der Waals surface area contributed by atoms with Crippen molar-refractivity contribution in [3.05, 3.63) is 40.5 Å². The lowest BCUT2D eigenvalue weighted by Gasteiger charge is -2.08. The Kier molecular flexibility index (Phi) is 4.52. The largest absolute Gasteiger partial charge is 0.436 e. The number of amides is 1. The first-order valence-corrected chi connectivity index (χ1v) is 6.75. The number of rotatable bonds is 4. The number of carbonyl (C=O) groups is 1. The number of nitrogens with one attached hydrogen (secondary N) is 1. The molecule has 0 fully saturated rings. The highest BCUT2D eigenvalue weighted by Crippen LogP contribution is 2.32. The molecule has 0 aliphatic heterocycles. The molecule has 0 aliphatic carbocycles. The predicted molar refractivity (Wildman–Crippen MR) is 78.7 cm³/mol. The van der Waals surface area contributed by atoms with Gasteiger partial charge in [-0.2, -0.15) is 0 Å². The molecular weight excluding hydrogens is 324 g/mol. The lowest BCUT2D eigenvalue weighted by atomic mass is 10.3. The number of carbonyl (C=O) groups excluding carboxylic acids is 1. The van der Waals surface area contributed by atoms with Crippen LogP contribution in [0.4, 0.5) is 5.69 Å². The minimum atomic E-state index is -0.267. The Morgan fingerprint density at radius 3 is 2.80 bits per heavy atom. The van der Waals surface area contributed by atoms with E-state index < -0.39 is 0 Å². The third-order valence-corrected chi connectivity index (χ3v) is 3.27. The summed E-state index contributed by atoms with van der Waals surface area (Å²) >= 11 is 3.33. The van der Waals surface area contributed by atoms with Crippen molar-refractivity contribution in [1.29, 1.82) is 0 Å². The van der Waals surface area contributed by atoms with Gasteiger partial charge in [-0.3, -0.25) is 4.79 Å². The van der Waals surface area contributed by atoms with Crippen molar-refractivity contribution in [1.82, 2.24) is 15.5 Å². The number of halogens is 1. The molecule has 0 aliphatic rings. The van der Waals surface area contributed by atoms with Gasteiger partial charge in [0.15, 0.2) is 5.69 Å². The van der Waals surface area contributed by atoms with Crippen molar-refractivity contribution < 1.29 is 9.53 Å². The fraction of sp³-hybridized carbons (Fsp3) is 0.154. The van der Waals surface area contributed by atoms with Gasteiger partial charge >= 0.3 is 0 Å². The van der Waals surface area contributed by atoms with Crippen molar-refractivity contribution >= 4 is 27.5 Å². The number of benzene rings is 1. The number of aromatic nitrogens is 2. The van der Waals surface area contributed by atoms with Crippen LogP contribution in [-0.4, -0.2) is 22.6 Å². The van der Waals surface area contributed by atoms with Gasteiger partial charge in [-0.25, -0.2) is 0 Å². The zero-order valence-corrected chi connectivity index (χ0v) is 12.3. The molecule has 1 aromatic carbocycles. The van der Waals surface area contributed by atoms with E-state index in [4.69, 9.17) is 10.5 Å². The standard InChI is InChI=1S/C13H13BrN4O2/c1-2-16-13(19)9-6-7-11(18-17-9)20-10-5-3-4-8(15)12(10)14/h3-7H,2,15H2,1H3,(H,16,19). The zero-order chi connectivity index (χ0) is 14.5. The minimum Gasteiger partial charge on any atom is -0.436 e. The van der Waals surface area contributed by atoms with Crippen molar-refractivity contribution in [3.8, 4) is 11.6 Å². The zero-order valence-electron chi connectivity index (χ0n) is 10.8. The summed E-state index contributed by atoms with van der Waals surface area (Å²) in [6, 6.07) is 8.40. The van der Waals surface area contributed by atoms with Crippen molar-refractivity contribution in [2.75, 3.05) is 12.3 Å². The summed E-state index contributed by atoms with van der Waals surface area (Å²) in [6.07, 6.45) is 0. The number of hydrogen-bond donors (Lipinski definition) is 2. The third kappa shape index (κ3) is 3.24. The Morgan fingerprint density at radius 1 is 1.35 bits per heavy atom. The van der Waals surface area contributed by atoms with Gasteiger partial charge in [0.1, 0.15) is 5.75 Å². The summed E-state index contributed by atoms with van der Waals surface area (Å²) in [5.74, 6) is 0.547. The topological polar surface area (TPSA) is 90.1 Å². The first-order chi connectivity index (χ1) is 9.61. The van der Waals surface area contributed by atoms with Crippen LogP contribution in [0.25, 0.3) is 0 Å². The SMILES string of the molecule is CCNC(=O)c1ccc(Oc2cccc(N)c2Br)nn1. The number of anilines is 1. The molecule has 104 valence electrons. The Labute approximate surface area is 124 Å². The maximum atomic E-state index is 11.5. The van der Waals surface area contributed by atoms with Gasteiger partial charge in [0.2, 0.25) is 5.88 Å². The van der Waals surface area contributed by atoms with Crippen LogP contribution in [0.15, 0.2) is 34.8 Å². The Morgan fingerprint density at radius 2 is 2.15 bits per heavy atom. The average molecular weight is 337 g/mol. The molecule has 2 rings (SSSR count). The molecule has 3 N–H and O–H groups in total. The van der Waals surface area contributed by atoms with E-state index in [0.29, 0.717) is 22.5 Å². The second-order valence-corrected chi connectivity index (χ2v) is 4.67. The quantitative estimate of drug-likeness (QED) is 0.836. The number of nitrogens with zero attached hydrogens (tertiary/aromatic N) is 2. The second-order valence-electron chi connectivity index (χ2n) is 3.88. The average Bonchev–Trinajstić information content (AvgIpc) is 2.45. The molecule has 2 aromatic rings. The summed E-state index contributed by atoms with van der Waals surface area (Å²) in [5.41, 5.74) is 6.56. The minimum absolute atomic E-state index is 0.242. The van der Waals surface area contributed by atoms with Crippen LogP contribution in [0.2, 0.25) is 0 Å². The van der Waals surface area contributed by atoms with Crippen LogP contribution in [-0.2, 0) is 0 Å². The predicted octanol–water partition coefficient (Wildman–Crippen LogP) is 2.36. The van der Waals surface area contributed by atoms with E-state index in [1.54, 1.807) is 30.3 Å². The fourth-order valence-corrected chi connectivity index (χ4v) is 1.81. The van der Waals surface area contributed by atoms with E-state index in [1.807, 2.05) is 6.92 Å². The molecule has 0 bridgehead atoms. The van der Waals surface area contributed by atoms with Gasteiger partial charge < -0.3 is 15.8 Å². The first kappa shape index (κ1) is 14.3. The molecule has 1 aromatic heterocycles. The summed E-state index contributed by atoms with van der Waals surface area (Å²) in [5, 5.41) is 10.3. The highest BCUT2D eigenvalue weighted by Gasteiger charge is 2.09. The molecule has 0 saturated carbocycles. The van der Waals surface area contributed by atoms with E-state index in [2.05, 4.69) is 31.4 Å². The van der Waals surface area contributed by atoms with Gasteiger partial charge in [-0.15, -0.1) is 10.2 Å². The molecule has 0 spiro atoms. The second kappa shape index (κ2) is 6.33. The van der Waals surface area contributed by atoms with Crippen LogP contribution < -0.4 is 15.8 Å². The number of nitrogens with two attached hydrogens (primary N) is 1. The molecule has 6 nitrogen and oxygen atoms in total. The maximum absolute atomic E-state index is 11.5. The summed E-state index contributed by atoms with van der Waals surface area (Å²) in [6.45, 7) is 2.37. The van der Waals surface area contributed by atoms with E-state index in [-0.39, 0.29) is 17.5 Å². The van der Waals surface area contributed by atoms with Crippen LogP contribution >= 0.6 is 15.9 Å². The number of nitrogen functional groups attached to an aromatic ring is 1. The van der Waals surface area contributed by atoms with E-state index in [0.717, 1.165) is 0 Å². The molecule has 1 amide bonds. The lowest BCUT2D eigenvalue weighted by molar-refractivity contribution is 0.0949. The Bertz CT molecular complexity index is 616. The van der Waals surface area contributed by atoms with E-state index >= 15 is 0 Å². The van der Waals surface area contributed by atoms with Crippen molar-refractivity contribution in [3.63, 3.8) is 0 Å². The van der Waals surface area contributed by atoms with Crippen LogP contribution in [0.1, 0.15) is 17.4 Å². The van der Waals surface area contributed by atoms with Gasteiger partial charge in [-0.1, -0.05) is 6.07 Å². The summed E-state index contributed by atoms with van der Waals surface area (Å²) in [4.78, 5) is 11.5.